The summed E-state index contributed by atoms with van der Waals surface area (Å²) in [5.74, 6) is 0.659. The van der Waals surface area contributed by atoms with E-state index >= 15 is 0 Å². The first kappa shape index (κ1) is 35.2. The molecule has 9 aromatic rings. The molecule has 0 unspecified atom stereocenters. The van der Waals surface area contributed by atoms with Gasteiger partial charge in [-0.2, -0.15) is 0 Å². The zero-order valence-electron chi connectivity index (χ0n) is 31.4. The highest BCUT2D eigenvalue weighted by Crippen LogP contribution is 2.53. The first-order valence-corrected chi connectivity index (χ1v) is 20.8. The maximum Gasteiger partial charge on any atom is 0.207 e. The lowest BCUT2D eigenvalue weighted by Gasteiger charge is -2.41. The molecule has 10 rings (SSSR count). The molecule has 2 heterocycles. The van der Waals surface area contributed by atoms with Crippen LogP contribution in [0.15, 0.2) is 228 Å². The first-order valence-electron chi connectivity index (χ1n) is 19.3. The Bertz CT molecular complexity index is 2960. The first-order chi connectivity index (χ1) is 28.5. The van der Waals surface area contributed by atoms with Crippen LogP contribution >= 0.6 is 0 Å². The third-order valence-corrected chi connectivity index (χ3v) is 13.0. The third kappa shape index (κ3) is 5.96. The van der Waals surface area contributed by atoms with Crippen LogP contribution in [-0.2, 0) is 15.3 Å². The molecule has 8 aromatic carbocycles. The quantitative estimate of drug-likeness (QED) is 0.162. The Morgan fingerprint density at radius 2 is 0.707 bits per heavy atom. The molecule has 0 saturated carbocycles. The van der Waals surface area contributed by atoms with E-state index in [0.717, 1.165) is 72.6 Å². The van der Waals surface area contributed by atoms with Crippen molar-refractivity contribution in [1.29, 1.82) is 0 Å². The van der Waals surface area contributed by atoms with Crippen molar-refractivity contribution in [3.63, 3.8) is 0 Å². The molecule has 0 fully saturated rings. The molecule has 4 nitrogen and oxygen atoms in total. The number of sulfone groups is 1. The zero-order valence-corrected chi connectivity index (χ0v) is 32.2. The van der Waals surface area contributed by atoms with Gasteiger partial charge in [-0.1, -0.05) is 182 Å². The second-order valence-corrected chi connectivity index (χ2v) is 16.4. The number of benzene rings is 8. The molecule has 1 aliphatic heterocycles. The fourth-order valence-electron chi connectivity index (χ4n) is 8.50. The molecule has 5 heteroatoms. The molecule has 58 heavy (non-hydrogen) atoms. The molecule has 0 bridgehead atoms. The fraction of sp³-hybridized carbons (Fsp3) is 0.0189. The summed E-state index contributed by atoms with van der Waals surface area (Å²) in [6, 6.07) is 73.2. The second kappa shape index (κ2) is 14.4. The summed E-state index contributed by atoms with van der Waals surface area (Å²) in [5, 5.41) is 0. The van der Waals surface area contributed by atoms with Gasteiger partial charge in [-0.15, -0.1) is 0 Å². The van der Waals surface area contributed by atoms with Crippen LogP contribution in [0.1, 0.15) is 22.3 Å². The largest absolute Gasteiger partial charge is 0.228 e. The predicted molar refractivity (Wildman–Crippen MR) is 233 cm³/mol. The van der Waals surface area contributed by atoms with E-state index in [9.17, 15) is 8.42 Å². The normalized spacial score (nSPS) is 13.6. The van der Waals surface area contributed by atoms with Crippen molar-refractivity contribution in [1.82, 2.24) is 9.97 Å². The van der Waals surface area contributed by atoms with Crippen molar-refractivity contribution < 1.29 is 8.42 Å². The van der Waals surface area contributed by atoms with E-state index in [0.29, 0.717) is 15.6 Å². The van der Waals surface area contributed by atoms with Gasteiger partial charge in [0.15, 0.2) is 5.82 Å². The van der Waals surface area contributed by atoms with E-state index in [4.69, 9.17) is 9.97 Å². The van der Waals surface area contributed by atoms with Crippen LogP contribution in [-0.4, -0.2) is 18.4 Å². The zero-order chi connectivity index (χ0) is 39.1. The minimum absolute atomic E-state index is 0.332. The Kier molecular flexibility index (Phi) is 8.73. The van der Waals surface area contributed by atoms with Gasteiger partial charge < -0.3 is 0 Å². The topological polar surface area (TPSA) is 59.9 Å². The predicted octanol–water partition coefficient (Wildman–Crippen LogP) is 12.3. The van der Waals surface area contributed by atoms with Crippen LogP contribution in [0.25, 0.3) is 56.2 Å². The van der Waals surface area contributed by atoms with E-state index in [1.165, 1.54) is 0 Å². The van der Waals surface area contributed by atoms with Crippen LogP contribution in [0, 0.1) is 0 Å². The highest BCUT2D eigenvalue weighted by atomic mass is 32.2. The number of hydrogen-bond acceptors (Lipinski definition) is 4. The van der Waals surface area contributed by atoms with Gasteiger partial charge in [-0.3, -0.25) is 0 Å². The van der Waals surface area contributed by atoms with E-state index in [1.54, 1.807) is 12.1 Å². The lowest BCUT2D eigenvalue weighted by Crippen LogP contribution is -2.37. The molecule has 1 aliphatic rings. The van der Waals surface area contributed by atoms with Crippen molar-refractivity contribution in [2.75, 3.05) is 0 Å². The summed E-state index contributed by atoms with van der Waals surface area (Å²) < 4.78 is 28.4. The average molecular weight is 765 g/mol. The standard InChI is InChI=1S/C53H36N2O2S/c56-58(57)50-31-12-10-29-46(50)53(44-26-8-3-9-27-44,47-30-11-13-32-51(47)58)45-28-16-24-42(35-45)40-22-14-21-39(33-40)41-23-15-25-43(34-41)52-54-48(37-17-4-1-5-18-37)36-49(55-52)38-19-6-2-7-20-38/h1-36H. The second-order valence-electron chi connectivity index (χ2n) is 14.5. The van der Waals surface area contributed by atoms with Gasteiger partial charge in [-0.05, 0) is 80.9 Å². The molecule has 0 spiro atoms. The summed E-state index contributed by atoms with van der Waals surface area (Å²) in [7, 11) is -3.75. The molecular weight excluding hydrogens is 729 g/mol. The molecule has 0 radical (unpaired) electrons. The number of nitrogens with zero attached hydrogens (tertiary/aromatic N) is 2. The maximum atomic E-state index is 14.2. The Labute approximate surface area is 338 Å². The summed E-state index contributed by atoms with van der Waals surface area (Å²) >= 11 is 0. The van der Waals surface area contributed by atoms with E-state index in [2.05, 4.69) is 115 Å². The summed E-state index contributed by atoms with van der Waals surface area (Å²) in [4.78, 5) is 10.8. The van der Waals surface area contributed by atoms with Gasteiger partial charge in [-0.25, -0.2) is 18.4 Å². The van der Waals surface area contributed by atoms with E-state index < -0.39 is 15.3 Å². The average Bonchev–Trinajstić information content (AvgIpc) is 3.30. The minimum Gasteiger partial charge on any atom is -0.228 e. The summed E-state index contributed by atoms with van der Waals surface area (Å²) in [6.45, 7) is 0. The molecule has 0 saturated heterocycles. The Balaban J connectivity index is 1.09. The third-order valence-electron chi connectivity index (χ3n) is 11.2. The van der Waals surface area contributed by atoms with Gasteiger partial charge in [0.1, 0.15) is 0 Å². The SMILES string of the molecule is O=S1(=O)c2ccccc2C(c2ccccc2)(c2cccc(-c3cccc(-c4cccc(-c5nc(-c6ccccc6)cc(-c6ccccc6)n5)c4)c3)c2)c2ccccc21. The van der Waals surface area contributed by atoms with Crippen LogP contribution in [0.4, 0.5) is 0 Å². The Hall–Kier alpha value is -7.21. The van der Waals surface area contributed by atoms with Gasteiger partial charge in [0.25, 0.3) is 0 Å². The number of fused-ring (bicyclic) bond motifs is 2. The van der Waals surface area contributed by atoms with Gasteiger partial charge in [0.05, 0.1) is 26.6 Å². The number of aromatic nitrogens is 2. The maximum absolute atomic E-state index is 14.2. The van der Waals surface area contributed by atoms with Crippen LogP contribution in [0.5, 0.6) is 0 Å². The fourth-order valence-corrected chi connectivity index (χ4v) is 10.3. The highest BCUT2D eigenvalue weighted by molar-refractivity contribution is 7.91. The number of hydrogen-bond donors (Lipinski definition) is 0. The van der Waals surface area contributed by atoms with E-state index in [1.807, 2.05) is 91.0 Å². The molecule has 0 aliphatic carbocycles. The van der Waals surface area contributed by atoms with Gasteiger partial charge in [0, 0.05) is 16.7 Å². The van der Waals surface area contributed by atoms with E-state index in [-0.39, 0.29) is 0 Å². The lowest BCUT2D eigenvalue weighted by atomic mass is 9.64. The number of rotatable bonds is 7. The summed E-state index contributed by atoms with van der Waals surface area (Å²) in [5.41, 5.74) is 11.5. The summed E-state index contributed by atoms with van der Waals surface area (Å²) in [6.07, 6.45) is 0. The molecule has 276 valence electrons. The van der Waals surface area contributed by atoms with Crippen LogP contribution in [0.3, 0.4) is 0 Å². The van der Waals surface area contributed by atoms with Crippen molar-refractivity contribution in [3.8, 4) is 56.2 Å². The molecule has 0 amide bonds. The van der Waals surface area contributed by atoms with Crippen LogP contribution in [0.2, 0.25) is 0 Å². The van der Waals surface area contributed by atoms with Crippen molar-refractivity contribution in [3.05, 3.63) is 241 Å². The van der Waals surface area contributed by atoms with Crippen molar-refractivity contribution >= 4 is 9.84 Å². The van der Waals surface area contributed by atoms with Gasteiger partial charge >= 0.3 is 0 Å². The van der Waals surface area contributed by atoms with Crippen LogP contribution < -0.4 is 0 Å². The van der Waals surface area contributed by atoms with Crippen molar-refractivity contribution in [2.24, 2.45) is 0 Å². The minimum atomic E-state index is -3.75. The Morgan fingerprint density at radius 1 is 0.328 bits per heavy atom. The Morgan fingerprint density at radius 3 is 1.24 bits per heavy atom. The van der Waals surface area contributed by atoms with Gasteiger partial charge in [0.2, 0.25) is 9.84 Å². The lowest BCUT2D eigenvalue weighted by molar-refractivity contribution is 0.579. The molecular formula is C53H36N2O2S. The smallest absolute Gasteiger partial charge is 0.207 e. The van der Waals surface area contributed by atoms with Crippen molar-refractivity contribution in [2.45, 2.75) is 15.2 Å². The highest BCUT2D eigenvalue weighted by Gasteiger charge is 2.48. The molecule has 0 atom stereocenters. The monoisotopic (exact) mass is 764 g/mol. The molecule has 1 aromatic heterocycles. The molecule has 0 N–H and O–H groups in total.